The number of amides is 1. The lowest BCUT2D eigenvalue weighted by molar-refractivity contribution is -0.128. The molecule has 0 heterocycles. The van der Waals surface area contributed by atoms with Crippen LogP contribution in [0.3, 0.4) is 0 Å². The zero-order chi connectivity index (χ0) is 12.8. The van der Waals surface area contributed by atoms with Gasteiger partial charge < -0.3 is 10.2 Å². The average Bonchev–Trinajstić information content (AvgIpc) is 2.29. The molecule has 90 valence electrons. The van der Waals surface area contributed by atoms with E-state index in [2.05, 4.69) is 27.3 Å². The minimum atomic E-state index is 0.0882. The predicted octanol–water partition coefficient (Wildman–Crippen LogP) is 2.21. The lowest BCUT2D eigenvalue weighted by Crippen LogP contribution is -2.23. The third-order valence-electron chi connectivity index (χ3n) is 2.26. The maximum atomic E-state index is 11.3. The lowest BCUT2D eigenvalue weighted by Gasteiger charge is -2.11. The number of halogens is 1. The summed E-state index contributed by atoms with van der Waals surface area (Å²) in [5.74, 6) is 0.0882. The Balaban J connectivity index is 2.51. The van der Waals surface area contributed by atoms with Gasteiger partial charge in [0.05, 0.1) is 5.56 Å². The Bertz CT molecular complexity index is 452. The van der Waals surface area contributed by atoms with Crippen molar-refractivity contribution in [3.63, 3.8) is 0 Å². The molecule has 1 N–H and O–H groups in total. The van der Waals surface area contributed by atoms with Crippen LogP contribution in [0, 0.1) is 11.3 Å². The van der Waals surface area contributed by atoms with Crippen molar-refractivity contribution >= 4 is 27.5 Å². The van der Waals surface area contributed by atoms with Crippen molar-refractivity contribution in [2.45, 2.75) is 6.42 Å². The quantitative estimate of drug-likeness (QED) is 0.926. The molecule has 1 amide bonds. The van der Waals surface area contributed by atoms with Crippen LogP contribution in [0.15, 0.2) is 22.7 Å². The summed E-state index contributed by atoms with van der Waals surface area (Å²) in [6.07, 6.45) is 0.449. The Hall–Kier alpha value is -1.54. The first kappa shape index (κ1) is 13.5. The highest BCUT2D eigenvalue weighted by molar-refractivity contribution is 9.10. The van der Waals surface area contributed by atoms with Crippen LogP contribution in [-0.4, -0.2) is 31.4 Å². The van der Waals surface area contributed by atoms with E-state index in [0.717, 1.165) is 10.2 Å². The van der Waals surface area contributed by atoms with Gasteiger partial charge in [-0.3, -0.25) is 4.79 Å². The molecule has 0 atom stereocenters. The fourth-order valence-corrected chi connectivity index (χ4v) is 1.72. The van der Waals surface area contributed by atoms with Gasteiger partial charge in [0, 0.05) is 37.2 Å². The van der Waals surface area contributed by atoms with Crippen molar-refractivity contribution in [2.75, 3.05) is 26.0 Å². The number of anilines is 1. The molecule has 5 heteroatoms. The van der Waals surface area contributed by atoms with Crippen molar-refractivity contribution in [1.82, 2.24) is 4.90 Å². The van der Waals surface area contributed by atoms with E-state index in [4.69, 9.17) is 5.26 Å². The molecule has 0 saturated heterocycles. The van der Waals surface area contributed by atoms with Gasteiger partial charge in [0.2, 0.25) is 5.91 Å². The van der Waals surface area contributed by atoms with E-state index in [1.54, 1.807) is 25.1 Å². The number of nitrogens with one attached hydrogen (secondary N) is 1. The highest BCUT2D eigenvalue weighted by Gasteiger charge is 2.04. The maximum Gasteiger partial charge on any atom is 0.223 e. The van der Waals surface area contributed by atoms with Gasteiger partial charge in [0.1, 0.15) is 6.07 Å². The van der Waals surface area contributed by atoms with Crippen LogP contribution < -0.4 is 5.32 Å². The van der Waals surface area contributed by atoms with Gasteiger partial charge in [-0.05, 0) is 34.1 Å². The molecular weight excluding hydrogens is 282 g/mol. The zero-order valence-corrected chi connectivity index (χ0v) is 11.4. The minimum absolute atomic E-state index is 0.0882. The number of benzene rings is 1. The van der Waals surface area contributed by atoms with Crippen molar-refractivity contribution in [2.24, 2.45) is 0 Å². The number of nitrogens with zero attached hydrogens (tertiary/aromatic N) is 2. The Morgan fingerprint density at radius 2 is 2.24 bits per heavy atom. The van der Waals surface area contributed by atoms with Gasteiger partial charge in [0.25, 0.3) is 0 Å². The largest absolute Gasteiger partial charge is 0.384 e. The van der Waals surface area contributed by atoms with E-state index < -0.39 is 0 Å². The van der Waals surface area contributed by atoms with Gasteiger partial charge >= 0.3 is 0 Å². The molecule has 0 unspecified atom stereocenters. The van der Waals surface area contributed by atoms with Crippen molar-refractivity contribution in [3.05, 3.63) is 28.2 Å². The number of carbonyl (C=O) groups is 1. The van der Waals surface area contributed by atoms with Gasteiger partial charge in [-0.2, -0.15) is 5.26 Å². The van der Waals surface area contributed by atoms with Crippen molar-refractivity contribution < 1.29 is 4.79 Å². The second-order valence-corrected chi connectivity index (χ2v) is 4.63. The molecule has 0 fully saturated rings. The molecule has 0 spiro atoms. The molecule has 0 aliphatic carbocycles. The first-order chi connectivity index (χ1) is 8.04. The molecule has 1 rings (SSSR count). The molecule has 0 aliphatic heterocycles. The Morgan fingerprint density at radius 3 is 2.76 bits per heavy atom. The molecule has 1 aromatic rings. The Labute approximate surface area is 109 Å². The molecule has 0 aliphatic rings. The van der Waals surface area contributed by atoms with Crippen LogP contribution in [0.25, 0.3) is 0 Å². The summed E-state index contributed by atoms with van der Waals surface area (Å²) in [4.78, 5) is 12.9. The highest BCUT2D eigenvalue weighted by atomic mass is 79.9. The van der Waals surface area contributed by atoms with E-state index in [1.807, 2.05) is 12.1 Å². The Kier molecular flexibility index (Phi) is 4.98. The molecule has 0 aromatic heterocycles. The summed E-state index contributed by atoms with van der Waals surface area (Å²) in [6, 6.07) is 7.47. The SMILES string of the molecule is CN(C)C(=O)CCNc1ccc(C#N)c(Br)c1. The molecule has 17 heavy (non-hydrogen) atoms. The second kappa shape index (κ2) is 6.26. The zero-order valence-electron chi connectivity index (χ0n) is 9.83. The number of hydrogen-bond acceptors (Lipinski definition) is 3. The number of rotatable bonds is 4. The summed E-state index contributed by atoms with van der Waals surface area (Å²) >= 11 is 3.31. The van der Waals surface area contributed by atoms with Crippen molar-refractivity contribution in [1.29, 1.82) is 5.26 Å². The first-order valence-electron chi connectivity index (χ1n) is 5.18. The summed E-state index contributed by atoms with van der Waals surface area (Å²) in [5, 5.41) is 11.9. The van der Waals surface area contributed by atoms with Crippen LogP contribution in [0.5, 0.6) is 0 Å². The Morgan fingerprint density at radius 1 is 1.53 bits per heavy atom. The van der Waals surface area contributed by atoms with E-state index >= 15 is 0 Å². The second-order valence-electron chi connectivity index (χ2n) is 3.77. The summed E-state index contributed by atoms with van der Waals surface area (Å²) in [6.45, 7) is 0.579. The molecular formula is C12H14BrN3O. The van der Waals surface area contributed by atoms with Gasteiger partial charge in [-0.15, -0.1) is 0 Å². The molecule has 1 aromatic carbocycles. The van der Waals surface area contributed by atoms with E-state index in [9.17, 15) is 4.79 Å². The topological polar surface area (TPSA) is 56.1 Å². The van der Waals surface area contributed by atoms with Crippen LogP contribution in [0.2, 0.25) is 0 Å². The standard InChI is InChI=1S/C12H14BrN3O/c1-16(2)12(17)5-6-15-10-4-3-9(8-14)11(13)7-10/h3-4,7,15H,5-6H2,1-2H3. The van der Waals surface area contributed by atoms with Crippen molar-refractivity contribution in [3.8, 4) is 6.07 Å². The van der Waals surface area contributed by atoms with Crippen LogP contribution in [0.1, 0.15) is 12.0 Å². The number of carbonyl (C=O) groups excluding carboxylic acids is 1. The maximum absolute atomic E-state index is 11.3. The summed E-state index contributed by atoms with van der Waals surface area (Å²) in [5.41, 5.74) is 1.49. The highest BCUT2D eigenvalue weighted by Crippen LogP contribution is 2.20. The average molecular weight is 296 g/mol. The summed E-state index contributed by atoms with van der Waals surface area (Å²) in [7, 11) is 3.47. The van der Waals surface area contributed by atoms with Gasteiger partial charge in [-0.25, -0.2) is 0 Å². The molecule has 0 saturated carbocycles. The van der Waals surface area contributed by atoms with E-state index in [0.29, 0.717) is 18.5 Å². The number of hydrogen-bond donors (Lipinski definition) is 1. The monoisotopic (exact) mass is 295 g/mol. The smallest absolute Gasteiger partial charge is 0.223 e. The van der Waals surface area contributed by atoms with Crippen LogP contribution in [-0.2, 0) is 4.79 Å². The molecule has 0 radical (unpaired) electrons. The fourth-order valence-electron chi connectivity index (χ4n) is 1.25. The molecule has 4 nitrogen and oxygen atoms in total. The van der Waals surface area contributed by atoms with Gasteiger partial charge in [-0.1, -0.05) is 0 Å². The van der Waals surface area contributed by atoms with Crippen LogP contribution in [0.4, 0.5) is 5.69 Å². The van der Waals surface area contributed by atoms with E-state index in [1.165, 1.54) is 0 Å². The third kappa shape index (κ3) is 4.08. The lowest BCUT2D eigenvalue weighted by atomic mass is 10.2. The fraction of sp³-hybridized carbons (Fsp3) is 0.333. The van der Waals surface area contributed by atoms with E-state index in [-0.39, 0.29) is 5.91 Å². The predicted molar refractivity (Wildman–Crippen MR) is 70.7 cm³/mol. The normalized spacial score (nSPS) is 9.53. The summed E-state index contributed by atoms with van der Waals surface area (Å²) < 4.78 is 0.754. The molecule has 0 bridgehead atoms. The third-order valence-corrected chi connectivity index (χ3v) is 2.91. The number of nitriles is 1. The first-order valence-corrected chi connectivity index (χ1v) is 5.97. The minimum Gasteiger partial charge on any atom is -0.384 e. The van der Waals surface area contributed by atoms with Gasteiger partial charge in [0.15, 0.2) is 0 Å². The van der Waals surface area contributed by atoms with Crippen LogP contribution >= 0.6 is 15.9 Å².